The van der Waals surface area contributed by atoms with Crippen LogP contribution in [0.4, 0.5) is 6.01 Å². The van der Waals surface area contributed by atoms with Gasteiger partial charge in [-0.2, -0.15) is 4.98 Å². The topological polar surface area (TPSA) is 68.0 Å². The maximum atomic E-state index is 11.9. The van der Waals surface area contributed by atoms with Crippen LogP contribution in [-0.4, -0.2) is 16.0 Å². The summed E-state index contributed by atoms with van der Waals surface area (Å²) in [7, 11) is 0. The normalized spacial score (nSPS) is 10.3. The van der Waals surface area contributed by atoms with E-state index < -0.39 is 0 Å². The van der Waals surface area contributed by atoms with Crippen molar-refractivity contribution in [2.45, 2.75) is 13.8 Å². The Morgan fingerprint density at radius 3 is 2.82 bits per heavy atom. The van der Waals surface area contributed by atoms with Crippen LogP contribution in [0.3, 0.4) is 0 Å². The van der Waals surface area contributed by atoms with Crippen LogP contribution in [0.2, 0.25) is 0 Å². The summed E-state index contributed by atoms with van der Waals surface area (Å²) in [6, 6.07) is 5.54. The number of carbonyl (C=O) groups excluding carboxylic acids is 1. The summed E-state index contributed by atoms with van der Waals surface area (Å²) in [4.78, 5) is 15.8. The lowest BCUT2D eigenvalue weighted by atomic mass is 10.1. The van der Waals surface area contributed by atoms with Gasteiger partial charge in [-0.3, -0.25) is 10.1 Å². The van der Waals surface area contributed by atoms with Crippen LogP contribution >= 0.6 is 15.9 Å². The fourth-order valence-electron chi connectivity index (χ4n) is 1.34. The van der Waals surface area contributed by atoms with Crippen molar-refractivity contribution in [3.63, 3.8) is 0 Å². The minimum atomic E-state index is -0.288. The van der Waals surface area contributed by atoms with Crippen LogP contribution in [-0.2, 0) is 0 Å². The first-order valence-electron chi connectivity index (χ1n) is 4.94. The molecule has 0 aliphatic rings. The van der Waals surface area contributed by atoms with E-state index in [1.165, 1.54) is 0 Å². The molecule has 1 aromatic heterocycles. The Hall–Kier alpha value is -1.69. The molecule has 1 amide bonds. The van der Waals surface area contributed by atoms with Crippen molar-refractivity contribution in [2.75, 3.05) is 5.32 Å². The summed E-state index contributed by atoms with van der Waals surface area (Å²) in [6.45, 7) is 3.60. The maximum absolute atomic E-state index is 11.9. The number of rotatable bonds is 2. The zero-order valence-electron chi connectivity index (χ0n) is 9.32. The number of halogens is 1. The highest BCUT2D eigenvalue weighted by molar-refractivity contribution is 9.10. The van der Waals surface area contributed by atoms with E-state index >= 15 is 0 Å². The monoisotopic (exact) mass is 295 g/mol. The molecule has 0 bridgehead atoms. The number of anilines is 1. The molecule has 0 atom stereocenters. The molecule has 6 heteroatoms. The van der Waals surface area contributed by atoms with E-state index in [0.717, 1.165) is 10.0 Å². The maximum Gasteiger partial charge on any atom is 0.328 e. The van der Waals surface area contributed by atoms with E-state index in [-0.39, 0.29) is 11.9 Å². The van der Waals surface area contributed by atoms with Crippen LogP contribution in [0.1, 0.15) is 21.7 Å². The van der Waals surface area contributed by atoms with Crippen molar-refractivity contribution in [1.29, 1.82) is 0 Å². The third kappa shape index (κ3) is 2.52. The minimum Gasteiger partial charge on any atom is -0.315 e. The van der Waals surface area contributed by atoms with Crippen molar-refractivity contribution in [3.8, 4) is 0 Å². The number of aromatic nitrogens is 2. The summed E-state index contributed by atoms with van der Waals surface area (Å²) < 4.78 is 5.58. The molecular weight excluding hydrogens is 286 g/mol. The molecule has 2 aromatic rings. The van der Waals surface area contributed by atoms with Crippen LogP contribution in [0.15, 0.2) is 27.2 Å². The molecule has 1 heterocycles. The first-order valence-corrected chi connectivity index (χ1v) is 5.74. The predicted octanol–water partition coefficient (Wildman–Crippen LogP) is 2.70. The smallest absolute Gasteiger partial charge is 0.315 e. The number of benzene rings is 1. The molecule has 0 radical (unpaired) electrons. The molecule has 0 spiro atoms. The van der Waals surface area contributed by atoms with Gasteiger partial charge >= 0.3 is 6.01 Å². The number of amides is 1. The predicted molar refractivity (Wildman–Crippen MR) is 65.9 cm³/mol. The fraction of sp³-hybridized carbons (Fsp3) is 0.182. The molecule has 0 aliphatic heterocycles. The van der Waals surface area contributed by atoms with E-state index in [0.29, 0.717) is 11.4 Å². The Kier molecular flexibility index (Phi) is 3.23. The second-order valence-electron chi connectivity index (χ2n) is 3.54. The van der Waals surface area contributed by atoms with E-state index in [2.05, 4.69) is 31.4 Å². The second kappa shape index (κ2) is 4.67. The highest BCUT2D eigenvalue weighted by Crippen LogP contribution is 2.21. The van der Waals surface area contributed by atoms with Gasteiger partial charge in [0.05, 0.1) is 5.56 Å². The van der Waals surface area contributed by atoms with Crippen LogP contribution in [0.25, 0.3) is 0 Å². The van der Waals surface area contributed by atoms with Gasteiger partial charge in [-0.15, -0.1) is 0 Å². The Morgan fingerprint density at radius 2 is 2.18 bits per heavy atom. The number of carbonyl (C=O) groups is 1. The standard InChI is InChI=1S/C11H10BrN3O2/c1-6-4-3-5-8(9(6)12)10(16)14-11-13-7(2)15-17-11/h3-5H,1-2H3,(H,13,14,15,16). The van der Waals surface area contributed by atoms with Gasteiger partial charge in [0.1, 0.15) is 0 Å². The molecule has 0 aliphatic carbocycles. The zero-order chi connectivity index (χ0) is 12.4. The lowest BCUT2D eigenvalue weighted by Crippen LogP contribution is -2.13. The van der Waals surface area contributed by atoms with E-state index in [9.17, 15) is 4.79 Å². The van der Waals surface area contributed by atoms with Gasteiger partial charge in [0.15, 0.2) is 5.82 Å². The minimum absolute atomic E-state index is 0.0981. The third-order valence-electron chi connectivity index (χ3n) is 2.18. The molecule has 88 valence electrons. The third-order valence-corrected chi connectivity index (χ3v) is 3.24. The Balaban J connectivity index is 2.23. The van der Waals surface area contributed by atoms with Gasteiger partial charge in [0, 0.05) is 4.47 Å². The average Bonchev–Trinajstić information content (AvgIpc) is 2.68. The molecule has 0 saturated heterocycles. The molecule has 1 N–H and O–H groups in total. The van der Waals surface area contributed by atoms with Crippen LogP contribution in [0.5, 0.6) is 0 Å². The molecule has 1 aromatic carbocycles. The number of nitrogens with one attached hydrogen (secondary N) is 1. The molecule has 0 unspecified atom stereocenters. The van der Waals surface area contributed by atoms with Gasteiger partial charge in [-0.1, -0.05) is 17.3 Å². The lowest BCUT2D eigenvalue weighted by Gasteiger charge is -2.05. The van der Waals surface area contributed by atoms with Gasteiger partial charge < -0.3 is 4.52 Å². The lowest BCUT2D eigenvalue weighted by molar-refractivity contribution is 0.102. The highest BCUT2D eigenvalue weighted by Gasteiger charge is 2.14. The first-order chi connectivity index (χ1) is 8.08. The average molecular weight is 296 g/mol. The zero-order valence-corrected chi connectivity index (χ0v) is 10.9. The van der Waals surface area contributed by atoms with Crippen molar-refractivity contribution < 1.29 is 9.32 Å². The summed E-state index contributed by atoms with van der Waals surface area (Å²) in [6.07, 6.45) is 0. The summed E-state index contributed by atoms with van der Waals surface area (Å²) in [5, 5.41) is 6.13. The summed E-state index contributed by atoms with van der Waals surface area (Å²) in [5.41, 5.74) is 1.51. The number of nitrogens with zero attached hydrogens (tertiary/aromatic N) is 2. The van der Waals surface area contributed by atoms with Crippen molar-refractivity contribution in [3.05, 3.63) is 39.6 Å². The van der Waals surface area contributed by atoms with Crippen LogP contribution in [0, 0.1) is 13.8 Å². The quantitative estimate of drug-likeness (QED) is 0.925. The van der Waals surface area contributed by atoms with Gasteiger partial charge in [0.25, 0.3) is 5.91 Å². The van der Waals surface area contributed by atoms with Crippen molar-refractivity contribution >= 4 is 27.9 Å². The van der Waals surface area contributed by atoms with E-state index in [1.807, 2.05) is 19.1 Å². The van der Waals surface area contributed by atoms with Crippen molar-refractivity contribution in [1.82, 2.24) is 10.1 Å². The molecule has 17 heavy (non-hydrogen) atoms. The Morgan fingerprint density at radius 1 is 1.41 bits per heavy atom. The molecule has 2 rings (SSSR count). The number of hydrogen-bond acceptors (Lipinski definition) is 4. The molecule has 0 fully saturated rings. The molecule has 0 saturated carbocycles. The van der Waals surface area contributed by atoms with E-state index in [1.54, 1.807) is 13.0 Å². The summed E-state index contributed by atoms with van der Waals surface area (Å²) >= 11 is 3.37. The SMILES string of the molecule is Cc1noc(NC(=O)c2cccc(C)c2Br)n1. The van der Waals surface area contributed by atoms with Gasteiger partial charge in [0.2, 0.25) is 0 Å². The number of hydrogen-bond donors (Lipinski definition) is 1. The van der Waals surface area contributed by atoms with Crippen molar-refractivity contribution in [2.24, 2.45) is 0 Å². The second-order valence-corrected chi connectivity index (χ2v) is 4.33. The summed E-state index contributed by atoms with van der Waals surface area (Å²) in [5.74, 6) is 0.188. The Labute approximate surface area is 106 Å². The van der Waals surface area contributed by atoms with Crippen LogP contribution < -0.4 is 5.32 Å². The first kappa shape index (κ1) is 11.8. The largest absolute Gasteiger partial charge is 0.328 e. The molecule has 5 nitrogen and oxygen atoms in total. The Bertz CT molecular complexity index is 566. The molecular formula is C11H10BrN3O2. The van der Waals surface area contributed by atoms with Gasteiger partial charge in [-0.25, -0.2) is 0 Å². The number of aryl methyl sites for hydroxylation is 2. The fourth-order valence-corrected chi connectivity index (χ4v) is 1.78. The highest BCUT2D eigenvalue weighted by atomic mass is 79.9. The van der Waals surface area contributed by atoms with Gasteiger partial charge in [-0.05, 0) is 41.4 Å². The van der Waals surface area contributed by atoms with E-state index in [4.69, 9.17) is 4.52 Å².